The molecular formula is C10H13NO2. The molecule has 0 unspecified atom stereocenters. The summed E-state index contributed by atoms with van der Waals surface area (Å²) >= 11 is 0. The van der Waals surface area contributed by atoms with Gasteiger partial charge in [-0.2, -0.15) is 0 Å². The van der Waals surface area contributed by atoms with Crippen LogP contribution in [0.1, 0.15) is 22.5 Å². The molecule has 0 saturated carbocycles. The Labute approximate surface area is 77.8 Å². The van der Waals surface area contributed by atoms with Crippen molar-refractivity contribution in [3.63, 3.8) is 0 Å². The summed E-state index contributed by atoms with van der Waals surface area (Å²) in [5.74, 6) is 0.0416. The molecule has 70 valence electrons. The van der Waals surface area contributed by atoms with E-state index in [9.17, 15) is 4.79 Å². The normalized spacial score (nSPS) is 10.0. The maximum Gasteiger partial charge on any atom is 0.183 e. The average Bonchev–Trinajstić information content (AvgIpc) is 2.15. The second-order valence-electron chi connectivity index (χ2n) is 2.83. The molecule has 0 atom stereocenters. The molecule has 0 aromatic carbocycles. The molecule has 0 radical (unpaired) electrons. The van der Waals surface area contributed by atoms with E-state index in [0.717, 1.165) is 5.56 Å². The van der Waals surface area contributed by atoms with E-state index in [1.165, 1.54) is 0 Å². The molecule has 0 aliphatic carbocycles. The van der Waals surface area contributed by atoms with Crippen LogP contribution >= 0.6 is 0 Å². The van der Waals surface area contributed by atoms with E-state index in [-0.39, 0.29) is 5.78 Å². The van der Waals surface area contributed by atoms with Crippen molar-refractivity contribution >= 4 is 5.78 Å². The van der Waals surface area contributed by atoms with Gasteiger partial charge in [-0.15, -0.1) is 0 Å². The van der Waals surface area contributed by atoms with E-state index in [1.54, 1.807) is 13.3 Å². The van der Waals surface area contributed by atoms with Crippen LogP contribution in [-0.2, 0) is 4.74 Å². The number of carbonyl (C=O) groups is 1. The van der Waals surface area contributed by atoms with Crippen LogP contribution in [0.2, 0.25) is 0 Å². The van der Waals surface area contributed by atoms with E-state index in [1.807, 2.05) is 19.1 Å². The number of hydrogen-bond acceptors (Lipinski definition) is 3. The summed E-state index contributed by atoms with van der Waals surface area (Å²) in [6.07, 6.45) is 2.03. The Hall–Kier alpha value is -1.22. The van der Waals surface area contributed by atoms with Gasteiger partial charge in [0.15, 0.2) is 5.78 Å². The summed E-state index contributed by atoms with van der Waals surface area (Å²) in [5, 5.41) is 0. The number of ether oxygens (including phenoxy) is 1. The highest BCUT2D eigenvalue weighted by atomic mass is 16.5. The molecule has 3 nitrogen and oxygen atoms in total. The molecule has 0 amide bonds. The third-order valence-corrected chi connectivity index (χ3v) is 1.81. The van der Waals surface area contributed by atoms with E-state index >= 15 is 0 Å². The zero-order valence-electron chi connectivity index (χ0n) is 7.91. The molecular weight excluding hydrogens is 166 g/mol. The number of Topliss-reactive ketones (excluding diaryl/α,β-unsaturated/α-hetero) is 1. The number of aromatic nitrogens is 1. The zero-order chi connectivity index (χ0) is 9.68. The van der Waals surface area contributed by atoms with Crippen LogP contribution in [0.25, 0.3) is 0 Å². The van der Waals surface area contributed by atoms with Crippen LogP contribution in [0.5, 0.6) is 0 Å². The lowest BCUT2D eigenvalue weighted by Crippen LogP contribution is -2.07. The minimum atomic E-state index is 0.0416. The predicted octanol–water partition coefficient (Wildman–Crippen LogP) is 1.61. The lowest BCUT2D eigenvalue weighted by atomic mass is 10.1. The molecule has 0 spiro atoms. The second kappa shape index (κ2) is 4.72. The first-order chi connectivity index (χ1) is 6.25. The molecule has 0 bridgehead atoms. The monoisotopic (exact) mass is 179 g/mol. The van der Waals surface area contributed by atoms with Crippen LogP contribution in [0.15, 0.2) is 18.3 Å². The Morgan fingerprint density at radius 3 is 3.00 bits per heavy atom. The minimum absolute atomic E-state index is 0.0416. The average molecular weight is 179 g/mol. The molecule has 1 rings (SSSR count). The van der Waals surface area contributed by atoms with Crippen molar-refractivity contribution in [2.24, 2.45) is 0 Å². The maximum atomic E-state index is 11.5. The van der Waals surface area contributed by atoms with Gasteiger partial charge in [0.2, 0.25) is 0 Å². The van der Waals surface area contributed by atoms with Crippen LogP contribution in [0.4, 0.5) is 0 Å². The smallest absolute Gasteiger partial charge is 0.183 e. The Balaban J connectivity index is 2.71. The summed E-state index contributed by atoms with van der Waals surface area (Å²) in [6, 6.07) is 3.70. The molecule has 0 fully saturated rings. The minimum Gasteiger partial charge on any atom is -0.384 e. The van der Waals surface area contributed by atoms with Crippen molar-refractivity contribution in [2.45, 2.75) is 13.3 Å². The maximum absolute atomic E-state index is 11.5. The fraction of sp³-hybridized carbons (Fsp3) is 0.400. The molecule has 0 aliphatic heterocycles. The first-order valence-corrected chi connectivity index (χ1v) is 4.19. The Morgan fingerprint density at radius 2 is 2.38 bits per heavy atom. The zero-order valence-corrected chi connectivity index (χ0v) is 7.91. The van der Waals surface area contributed by atoms with Gasteiger partial charge in [0, 0.05) is 19.7 Å². The van der Waals surface area contributed by atoms with E-state index in [2.05, 4.69) is 4.98 Å². The van der Waals surface area contributed by atoms with Crippen molar-refractivity contribution in [1.29, 1.82) is 0 Å². The van der Waals surface area contributed by atoms with Gasteiger partial charge in [-0.25, -0.2) is 0 Å². The van der Waals surface area contributed by atoms with Crippen LogP contribution in [0.3, 0.4) is 0 Å². The van der Waals surface area contributed by atoms with Crippen LogP contribution in [0, 0.1) is 6.92 Å². The standard InChI is InChI=1S/C10H13NO2/c1-8-4-3-6-11-10(8)9(12)5-7-13-2/h3-4,6H,5,7H2,1-2H3. The summed E-state index contributed by atoms with van der Waals surface area (Å²) in [5.41, 5.74) is 1.48. The first-order valence-electron chi connectivity index (χ1n) is 4.19. The number of ketones is 1. The van der Waals surface area contributed by atoms with Crippen molar-refractivity contribution in [3.05, 3.63) is 29.6 Å². The highest BCUT2D eigenvalue weighted by Crippen LogP contribution is 2.05. The highest BCUT2D eigenvalue weighted by molar-refractivity contribution is 5.95. The summed E-state index contributed by atoms with van der Waals surface area (Å²) in [4.78, 5) is 15.5. The van der Waals surface area contributed by atoms with E-state index in [0.29, 0.717) is 18.7 Å². The molecule has 13 heavy (non-hydrogen) atoms. The molecule has 1 aromatic rings. The highest BCUT2D eigenvalue weighted by Gasteiger charge is 2.08. The van der Waals surface area contributed by atoms with Gasteiger partial charge >= 0.3 is 0 Å². The second-order valence-corrected chi connectivity index (χ2v) is 2.83. The molecule has 0 N–H and O–H groups in total. The van der Waals surface area contributed by atoms with Gasteiger partial charge in [-0.05, 0) is 18.6 Å². The predicted molar refractivity (Wildman–Crippen MR) is 49.8 cm³/mol. The van der Waals surface area contributed by atoms with Crippen LogP contribution < -0.4 is 0 Å². The summed E-state index contributed by atoms with van der Waals surface area (Å²) in [7, 11) is 1.58. The van der Waals surface area contributed by atoms with Crippen molar-refractivity contribution in [3.8, 4) is 0 Å². The van der Waals surface area contributed by atoms with Gasteiger partial charge in [0.05, 0.1) is 6.61 Å². The number of methoxy groups -OCH3 is 1. The first kappa shape index (κ1) is 9.86. The molecule has 0 aliphatic rings. The SMILES string of the molecule is COCCC(=O)c1ncccc1C. The van der Waals surface area contributed by atoms with Crippen molar-refractivity contribution in [1.82, 2.24) is 4.98 Å². The van der Waals surface area contributed by atoms with Crippen molar-refractivity contribution < 1.29 is 9.53 Å². The van der Waals surface area contributed by atoms with Gasteiger partial charge in [-0.1, -0.05) is 6.07 Å². The Morgan fingerprint density at radius 1 is 1.62 bits per heavy atom. The van der Waals surface area contributed by atoms with Crippen LogP contribution in [-0.4, -0.2) is 24.5 Å². The third-order valence-electron chi connectivity index (χ3n) is 1.81. The molecule has 0 saturated heterocycles. The van der Waals surface area contributed by atoms with Crippen molar-refractivity contribution in [2.75, 3.05) is 13.7 Å². The molecule has 1 aromatic heterocycles. The fourth-order valence-corrected chi connectivity index (χ4v) is 1.09. The lowest BCUT2D eigenvalue weighted by Gasteiger charge is -2.01. The fourth-order valence-electron chi connectivity index (χ4n) is 1.09. The number of hydrogen-bond donors (Lipinski definition) is 0. The molecule has 1 heterocycles. The summed E-state index contributed by atoms with van der Waals surface area (Å²) < 4.78 is 4.83. The van der Waals surface area contributed by atoms with Gasteiger partial charge in [0.1, 0.15) is 5.69 Å². The third kappa shape index (κ3) is 2.63. The largest absolute Gasteiger partial charge is 0.384 e. The number of nitrogens with zero attached hydrogens (tertiary/aromatic N) is 1. The quantitative estimate of drug-likeness (QED) is 0.659. The topological polar surface area (TPSA) is 39.2 Å². The number of aryl methyl sites for hydroxylation is 1. The van der Waals surface area contributed by atoms with E-state index in [4.69, 9.17) is 4.74 Å². The number of rotatable bonds is 4. The van der Waals surface area contributed by atoms with E-state index < -0.39 is 0 Å². The van der Waals surface area contributed by atoms with Gasteiger partial charge < -0.3 is 4.74 Å². The van der Waals surface area contributed by atoms with Gasteiger partial charge in [0.25, 0.3) is 0 Å². The number of carbonyl (C=O) groups excluding carboxylic acids is 1. The summed E-state index contributed by atoms with van der Waals surface area (Å²) in [6.45, 7) is 2.34. The molecule has 3 heteroatoms. The van der Waals surface area contributed by atoms with Gasteiger partial charge in [-0.3, -0.25) is 9.78 Å². The Kier molecular flexibility index (Phi) is 3.58. The Bertz CT molecular complexity index is 297. The number of pyridine rings is 1. The lowest BCUT2D eigenvalue weighted by molar-refractivity contribution is 0.0927.